The standard InChI is InChI=1S/C17H10BrN3S2/c18-13-8-6-12(7-9-13)11-20-16-15(10-19)23-17(22)21(16)14-4-2-1-3-5-14/h1-9,11H/b20-11+. The lowest BCUT2D eigenvalue weighted by atomic mass is 10.2. The average Bonchev–Trinajstić information content (AvgIpc) is 2.91. The molecule has 3 rings (SSSR count). The smallest absolute Gasteiger partial charge is 0.168 e. The molecule has 0 N–H and O–H groups in total. The molecule has 2 aromatic carbocycles. The van der Waals surface area contributed by atoms with Crippen molar-refractivity contribution in [1.29, 1.82) is 5.26 Å². The number of thiazole rings is 1. The fraction of sp³-hybridized carbons (Fsp3) is 0. The Bertz CT molecular complexity index is 948. The van der Waals surface area contributed by atoms with E-state index in [0.717, 1.165) is 15.7 Å². The number of para-hydroxylation sites is 1. The highest BCUT2D eigenvalue weighted by Gasteiger charge is 2.12. The number of benzene rings is 2. The van der Waals surface area contributed by atoms with E-state index >= 15 is 0 Å². The summed E-state index contributed by atoms with van der Waals surface area (Å²) in [6.45, 7) is 0. The van der Waals surface area contributed by atoms with Gasteiger partial charge in [0.25, 0.3) is 0 Å². The molecule has 1 aromatic heterocycles. The summed E-state index contributed by atoms with van der Waals surface area (Å²) in [7, 11) is 0. The van der Waals surface area contributed by atoms with E-state index in [-0.39, 0.29) is 0 Å². The van der Waals surface area contributed by atoms with Gasteiger partial charge in [0.15, 0.2) is 14.6 Å². The molecular formula is C17H10BrN3S2. The summed E-state index contributed by atoms with van der Waals surface area (Å²) in [5.74, 6) is 0.566. The highest BCUT2D eigenvalue weighted by atomic mass is 79.9. The van der Waals surface area contributed by atoms with Crippen LogP contribution in [0.1, 0.15) is 10.4 Å². The molecule has 0 aliphatic rings. The zero-order chi connectivity index (χ0) is 16.2. The molecule has 0 saturated heterocycles. The number of halogens is 1. The van der Waals surface area contributed by atoms with Crippen molar-refractivity contribution in [3.8, 4) is 11.8 Å². The normalized spacial score (nSPS) is 10.8. The molecular weight excluding hydrogens is 390 g/mol. The van der Waals surface area contributed by atoms with Gasteiger partial charge in [0.1, 0.15) is 6.07 Å². The Morgan fingerprint density at radius 2 is 1.83 bits per heavy atom. The molecule has 1 heterocycles. The summed E-state index contributed by atoms with van der Waals surface area (Å²) in [5, 5.41) is 9.36. The van der Waals surface area contributed by atoms with E-state index in [4.69, 9.17) is 12.2 Å². The third kappa shape index (κ3) is 3.48. The Morgan fingerprint density at radius 1 is 1.13 bits per heavy atom. The molecule has 0 amide bonds. The Morgan fingerprint density at radius 3 is 2.48 bits per heavy atom. The van der Waals surface area contributed by atoms with Gasteiger partial charge in [-0.1, -0.05) is 57.6 Å². The van der Waals surface area contributed by atoms with Gasteiger partial charge in [-0.2, -0.15) is 5.26 Å². The quantitative estimate of drug-likeness (QED) is 0.421. The van der Waals surface area contributed by atoms with Crippen LogP contribution in [0.5, 0.6) is 0 Å². The third-order valence-corrected chi connectivity index (χ3v) is 4.91. The second kappa shape index (κ2) is 7.01. The minimum absolute atomic E-state index is 0.507. The predicted molar refractivity (Wildman–Crippen MR) is 101 cm³/mol. The van der Waals surface area contributed by atoms with Crippen LogP contribution in [-0.4, -0.2) is 10.8 Å². The minimum Gasteiger partial charge on any atom is -0.275 e. The Balaban J connectivity index is 2.10. The summed E-state index contributed by atoms with van der Waals surface area (Å²) in [6, 6.07) is 19.7. The molecule has 6 heteroatoms. The van der Waals surface area contributed by atoms with Gasteiger partial charge in [0, 0.05) is 16.4 Å². The lowest BCUT2D eigenvalue weighted by Gasteiger charge is -2.05. The average molecular weight is 400 g/mol. The summed E-state index contributed by atoms with van der Waals surface area (Å²) in [4.78, 5) is 5.02. The van der Waals surface area contributed by atoms with Crippen molar-refractivity contribution in [2.24, 2.45) is 4.99 Å². The van der Waals surface area contributed by atoms with E-state index in [1.807, 2.05) is 59.2 Å². The van der Waals surface area contributed by atoms with E-state index in [9.17, 15) is 5.26 Å². The highest BCUT2D eigenvalue weighted by Crippen LogP contribution is 2.30. The molecule has 23 heavy (non-hydrogen) atoms. The Kier molecular flexibility index (Phi) is 4.82. The fourth-order valence-corrected chi connectivity index (χ4v) is 3.49. The summed E-state index contributed by atoms with van der Waals surface area (Å²) < 4.78 is 3.44. The molecule has 0 aliphatic heterocycles. The molecule has 0 spiro atoms. The summed E-state index contributed by atoms with van der Waals surface area (Å²) in [6.07, 6.45) is 1.74. The second-order valence-electron chi connectivity index (χ2n) is 4.61. The van der Waals surface area contributed by atoms with Gasteiger partial charge < -0.3 is 0 Å². The Labute approximate surface area is 151 Å². The van der Waals surface area contributed by atoms with Crippen LogP contribution in [0.25, 0.3) is 5.69 Å². The van der Waals surface area contributed by atoms with Gasteiger partial charge in [0.05, 0.1) is 0 Å². The number of nitrogens with zero attached hydrogens (tertiary/aromatic N) is 3. The number of hydrogen-bond donors (Lipinski definition) is 0. The zero-order valence-corrected chi connectivity index (χ0v) is 15.0. The molecule has 0 aliphatic carbocycles. The van der Waals surface area contributed by atoms with Crippen LogP contribution in [0, 0.1) is 15.3 Å². The van der Waals surface area contributed by atoms with E-state index in [1.165, 1.54) is 11.3 Å². The van der Waals surface area contributed by atoms with Gasteiger partial charge in [0.2, 0.25) is 0 Å². The van der Waals surface area contributed by atoms with Crippen molar-refractivity contribution in [1.82, 2.24) is 4.57 Å². The van der Waals surface area contributed by atoms with Gasteiger partial charge in [-0.05, 0) is 42.0 Å². The number of hydrogen-bond acceptors (Lipinski definition) is 4. The van der Waals surface area contributed by atoms with Crippen molar-refractivity contribution in [3.63, 3.8) is 0 Å². The molecule has 3 aromatic rings. The molecule has 3 nitrogen and oxygen atoms in total. The molecule has 112 valence electrons. The molecule has 0 saturated carbocycles. The van der Waals surface area contributed by atoms with Crippen molar-refractivity contribution in [2.45, 2.75) is 0 Å². The van der Waals surface area contributed by atoms with Crippen molar-refractivity contribution in [2.75, 3.05) is 0 Å². The van der Waals surface area contributed by atoms with Crippen molar-refractivity contribution in [3.05, 3.63) is 73.5 Å². The van der Waals surface area contributed by atoms with Gasteiger partial charge in [-0.25, -0.2) is 4.99 Å². The number of nitriles is 1. The van der Waals surface area contributed by atoms with Crippen molar-refractivity contribution >= 4 is 51.5 Å². The Hall–Kier alpha value is -2.07. The molecule has 0 fully saturated rings. The van der Waals surface area contributed by atoms with Crippen LogP contribution < -0.4 is 0 Å². The minimum atomic E-state index is 0.507. The third-order valence-electron chi connectivity index (χ3n) is 3.11. The van der Waals surface area contributed by atoms with E-state index in [2.05, 4.69) is 27.0 Å². The van der Waals surface area contributed by atoms with Crippen LogP contribution >= 0.6 is 39.5 Å². The van der Waals surface area contributed by atoms with Crippen LogP contribution in [0.2, 0.25) is 0 Å². The van der Waals surface area contributed by atoms with E-state index in [1.54, 1.807) is 6.21 Å². The first-order valence-electron chi connectivity index (χ1n) is 6.70. The lowest BCUT2D eigenvalue weighted by molar-refractivity contribution is 1.06. The zero-order valence-electron chi connectivity index (χ0n) is 11.8. The maximum atomic E-state index is 9.36. The van der Waals surface area contributed by atoms with Crippen LogP contribution in [-0.2, 0) is 0 Å². The maximum absolute atomic E-state index is 9.36. The monoisotopic (exact) mass is 399 g/mol. The molecule has 0 atom stereocenters. The van der Waals surface area contributed by atoms with E-state index in [0.29, 0.717) is 14.6 Å². The molecule has 0 bridgehead atoms. The SMILES string of the molecule is N#Cc1sc(=S)n(-c2ccccc2)c1/N=C/c1ccc(Br)cc1. The molecule has 0 radical (unpaired) electrons. The lowest BCUT2D eigenvalue weighted by Crippen LogP contribution is -1.93. The summed E-state index contributed by atoms with van der Waals surface area (Å²) >= 11 is 10.1. The number of aromatic nitrogens is 1. The van der Waals surface area contributed by atoms with Crippen LogP contribution in [0.3, 0.4) is 0 Å². The van der Waals surface area contributed by atoms with Crippen LogP contribution in [0.15, 0.2) is 64.1 Å². The second-order valence-corrected chi connectivity index (χ2v) is 7.17. The fourth-order valence-electron chi connectivity index (χ4n) is 2.05. The van der Waals surface area contributed by atoms with Gasteiger partial charge >= 0.3 is 0 Å². The van der Waals surface area contributed by atoms with Crippen molar-refractivity contribution < 1.29 is 0 Å². The first kappa shape index (κ1) is 15.8. The summed E-state index contributed by atoms with van der Waals surface area (Å²) in [5.41, 5.74) is 1.85. The largest absolute Gasteiger partial charge is 0.275 e. The highest BCUT2D eigenvalue weighted by molar-refractivity contribution is 9.10. The first-order valence-corrected chi connectivity index (χ1v) is 8.72. The topological polar surface area (TPSA) is 41.1 Å². The van der Waals surface area contributed by atoms with Gasteiger partial charge in [-0.15, -0.1) is 0 Å². The predicted octanol–water partition coefficient (Wildman–Crippen LogP) is 5.65. The van der Waals surface area contributed by atoms with Crippen LogP contribution in [0.4, 0.5) is 5.82 Å². The number of rotatable bonds is 3. The maximum Gasteiger partial charge on any atom is 0.168 e. The molecule has 0 unspecified atom stereocenters. The van der Waals surface area contributed by atoms with Gasteiger partial charge in [-0.3, -0.25) is 4.57 Å². The number of aliphatic imine (C=N–C) groups is 1. The van der Waals surface area contributed by atoms with E-state index < -0.39 is 0 Å². The first-order chi connectivity index (χ1) is 11.2.